The van der Waals surface area contributed by atoms with Crippen molar-refractivity contribution in [1.29, 1.82) is 0 Å². The molecule has 0 aliphatic carbocycles. The van der Waals surface area contributed by atoms with Crippen molar-refractivity contribution in [2.24, 2.45) is 12.0 Å². The molecular formula is C24H37IN6O. The maximum Gasteiger partial charge on any atom is 0.193 e. The van der Waals surface area contributed by atoms with Crippen LogP contribution >= 0.6 is 24.0 Å². The summed E-state index contributed by atoms with van der Waals surface area (Å²) in [6, 6.07) is 8.88. The summed E-state index contributed by atoms with van der Waals surface area (Å²) in [4.78, 5) is 9.62. The number of ether oxygens (including phenoxy) is 1. The van der Waals surface area contributed by atoms with E-state index >= 15 is 0 Å². The standard InChI is InChI=1S/C24H36N6O.HI/c1-25-24(30-14-11-20(18-30)21-15-27-28(2)17-21)26-16-23(29-12-5-4-6-13-29)19-7-9-22(31-3)10-8-19;/h7-10,15,17,20,23H,4-6,11-14,16,18H2,1-3H3,(H,25,26);1H. The Labute approximate surface area is 209 Å². The van der Waals surface area contributed by atoms with Gasteiger partial charge in [-0.1, -0.05) is 18.6 Å². The van der Waals surface area contributed by atoms with Crippen molar-refractivity contribution in [3.8, 4) is 5.75 Å². The molecule has 2 fully saturated rings. The summed E-state index contributed by atoms with van der Waals surface area (Å²) in [6.45, 7) is 5.18. The van der Waals surface area contributed by atoms with Gasteiger partial charge < -0.3 is 15.0 Å². The Hall–Kier alpha value is -1.81. The highest BCUT2D eigenvalue weighted by Gasteiger charge is 2.28. The molecule has 2 aliphatic heterocycles. The SMILES string of the molecule is CN=C(NCC(c1ccc(OC)cc1)N1CCCCC1)N1CCC(c2cnn(C)c2)C1.I. The third kappa shape index (κ3) is 5.95. The number of benzene rings is 1. The van der Waals surface area contributed by atoms with Gasteiger partial charge in [-0.25, -0.2) is 0 Å². The molecule has 2 unspecified atom stereocenters. The topological polar surface area (TPSA) is 57.9 Å². The van der Waals surface area contributed by atoms with Crippen LogP contribution < -0.4 is 10.1 Å². The lowest BCUT2D eigenvalue weighted by Gasteiger charge is -2.36. The Morgan fingerprint density at radius 1 is 1.19 bits per heavy atom. The lowest BCUT2D eigenvalue weighted by atomic mass is 10.0. The van der Waals surface area contributed by atoms with Gasteiger partial charge in [-0.05, 0) is 55.6 Å². The van der Waals surface area contributed by atoms with Crippen LogP contribution in [0.3, 0.4) is 0 Å². The summed E-state index contributed by atoms with van der Waals surface area (Å²) in [5.41, 5.74) is 2.66. The summed E-state index contributed by atoms with van der Waals surface area (Å²) >= 11 is 0. The zero-order valence-corrected chi connectivity index (χ0v) is 21.9. The summed E-state index contributed by atoms with van der Waals surface area (Å²) in [5, 5.41) is 8.04. The highest BCUT2D eigenvalue weighted by Crippen LogP contribution is 2.28. The van der Waals surface area contributed by atoms with Crippen molar-refractivity contribution in [2.45, 2.75) is 37.6 Å². The van der Waals surface area contributed by atoms with Crippen LogP contribution in [-0.2, 0) is 7.05 Å². The van der Waals surface area contributed by atoms with Gasteiger partial charge in [-0.3, -0.25) is 14.6 Å². The quantitative estimate of drug-likeness (QED) is 0.337. The van der Waals surface area contributed by atoms with Gasteiger partial charge in [0.2, 0.25) is 0 Å². The van der Waals surface area contributed by atoms with Crippen LogP contribution in [0.4, 0.5) is 0 Å². The number of guanidine groups is 1. The van der Waals surface area contributed by atoms with Crippen molar-refractivity contribution in [3.63, 3.8) is 0 Å². The summed E-state index contributed by atoms with van der Waals surface area (Å²) in [6.07, 6.45) is 9.17. The van der Waals surface area contributed by atoms with Gasteiger partial charge >= 0.3 is 0 Å². The number of piperidine rings is 1. The van der Waals surface area contributed by atoms with E-state index in [0.717, 1.165) is 50.9 Å². The number of nitrogens with zero attached hydrogens (tertiary/aromatic N) is 5. The van der Waals surface area contributed by atoms with E-state index in [1.54, 1.807) is 7.11 Å². The van der Waals surface area contributed by atoms with Crippen LogP contribution in [-0.4, -0.2) is 72.4 Å². The average Bonchev–Trinajstić information content (AvgIpc) is 3.47. The first-order valence-corrected chi connectivity index (χ1v) is 11.5. The average molecular weight is 553 g/mol. The Balaban J connectivity index is 0.00000289. The van der Waals surface area contributed by atoms with Crippen molar-refractivity contribution in [2.75, 3.05) is 46.9 Å². The van der Waals surface area contributed by atoms with E-state index < -0.39 is 0 Å². The lowest BCUT2D eigenvalue weighted by molar-refractivity contribution is 0.163. The monoisotopic (exact) mass is 552 g/mol. The first kappa shape index (κ1) is 24.8. The Morgan fingerprint density at radius 3 is 2.56 bits per heavy atom. The van der Waals surface area contributed by atoms with Crippen molar-refractivity contribution in [3.05, 3.63) is 47.8 Å². The van der Waals surface area contributed by atoms with Crippen LogP contribution in [0.15, 0.2) is 41.7 Å². The molecule has 0 spiro atoms. The molecule has 176 valence electrons. The number of hydrogen-bond acceptors (Lipinski definition) is 4. The number of nitrogens with one attached hydrogen (secondary N) is 1. The fourth-order valence-electron chi connectivity index (χ4n) is 4.91. The molecular weight excluding hydrogens is 515 g/mol. The number of aryl methyl sites for hydroxylation is 1. The molecule has 2 aromatic rings. The zero-order valence-electron chi connectivity index (χ0n) is 19.5. The van der Waals surface area contributed by atoms with E-state index in [4.69, 9.17) is 4.74 Å². The number of aliphatic imine (C=N–C) groups is 1. The smallest absolute Gasteiger partial charge is 0.193 e. The second-order valence-corrected chi connectivity index (χ2v) is 8.69. The largest absolute Gasteiger partial charge is 0.497 e. The Bertz CT molecular complexity index is 862. The van der Waals surface area contributed by atoms with E-state index in [1.807, 2.05) is 25.0 Å². The minimum Gasteiger partial charge on any atom is -0.497 e. The third-order valence-corrected chi connectivity index (χ3v) is 6.68. The van der Waals surface area contributed by atoms with Crippen LogP contribution in [0.25, 0.3) is 0 Å². The fourth-order valence-corrected chi connectivity index (χ4v) is 4.91. The number of rotatable bonds is 6. The van der Waals surface area contributed by atoms with Crippen LogP contribution in [0.2, 0.25) is 0 Å². The molecule has 0 radical (unpaired) electrons. The van der Waals surface area contributed by atoms with Gasteiger partial charge in [-0.2, -0.15) is 5.10 Å². The van der Waals surface area contributed by atoms with Gasteiger partial charge in [0.15, 0.2) is 5.96 Å². The van der Waals surface area contributed by atoms with E-state index in [9.17, 15) is 0 Å². The molecule has 1 aromatic carbocycles. The van der Waals surface area contributed by atoms with Crippen molar-refractivity contribution < 1.29 is 4.74 Å². The maximum absolute atomic E-state index is 5.36. The molecule has 8 heteroatoms. The number of methoxy groups -OCH3 is 1. The van der Waals surface area contributed by atoms with Gasteiger partial charge in [0.05, 0.1) is 19.3 Å². The molecule has 4 rings (SSSR count). The predicted molar refractivity (Wildman–Crippen MR) is 140 cm³/mol. The van der Waals surface area contributed by atoms with Crippen LogP contribution in [0.1, 0.15) is 48.8 Å². The first-order chi connectivity index (χ1) is 15.2. The molecule has 1 aromatic heterocycles. The predicted octanol–water partition coefficient (Wildman–Crippen LogP) is 3.64. The fraction of sp³-hybridized carbons (Fsp3) is 0.583. The minimum absolute atomic E-state index is 0. The molecule has 0 amide bonds. The van der Waals surface area contributed by atoms with Crippen molar-refractivity contribution >= 4 is 29.9 Å². The molecule has 2 aliphatic rings. The van der Waals surface area contributed by atoms with Crippen LogP contribution in [0.5, 0.6) is 5.75 Å². The number of hydrogen-bond donors (Lipinski definition) is 1. The third-order valence-electron chi connectivity index (χ3n) is 6.68. The molecule has 3 heterocycles. The number of likely N-dealkylation sites (tertiary alicyclic amines) is 2. The first-order valence-electron chi connectivity index (χ1n) is 11.5. The normalized spacial score (nSPS) is 20.7. The van der Waals surface area contributed by atoms with E-state index in [0.29, 0.717) is 12.0 Å². The lowest BCUT2D eigenvalue weighted by Crippen LogP contribution is -2.45. The van der Waals surface area contributed by atoms with E-state index in [-0.39, 0.29) is 24.0 Å². The van der Waals surface area contributed by atoms with E-state index in [1.165, 1.54) is 30.4 Å². The maximum atomic E-state index is 5.36. The van der Waals surface area contributed by atoms with Crippen LogP contribution in [0, 0.1) is 0 Å². The molecule has 7 nitrogen and oxygen atoms in total. The Morgan fingerprint density at radius 2 is 1.94 bits per heavy atom. The second-order valence-electron chi connectivity index (χ2n) is 8.69. The van der Waals surface area contributed by atoms with Gasteiger partial charge in [-0.15, -0.1) is 24.0 Å². The van der Waals surface area contributed by atoms with E-state index in [2.05, 4.69) is 55.7 Å². The van der Waals surface area contributed by atoms with Crippen molar-refractivity contribution in [1.82, 2.24) is 24.9 Å². The molecule has 32 heavy (non-hydrogen) atoms. The zero-order chi connectivity index (χ0) is 21.6. The molecule has 1 N–H and O–H groups in total. The second kappa shape index (κ2) is 11.9. The number of halogens is 1. The summed E-state index contributed by atoms with van der Waals surface area (Å²) in [5.74, 6) is 2.43. The van der Waals surface area contributed by atoms with Gasteiger partial charge in [0.1, 0.15) is 5.75 Å². The summed E-state index contributed by atoms with van der Waals surface area (Å²) < 4.78 is 7.26. The molecule has 0 bridgehead atoms. The summed E-state index contributed by atoms with van der Waals surface area (Å²) in [7, 11) is 5.59. The van der Waals surface area contributed by atoms with Gasteiger partial charge in [0.25, 0.3) is 0 Å². The highest BCUT2D eigenvalue weighted by atomic mass is 127. The molecule has 2 atom stereocenters. The molecule has 2 saturated heterocycles. The number of aromatic nitrogens is 2. The van der Waals surface area contributed by atoms with Gasteiger partial charge in [0, 0.05) is 45.8 Å². The highest BCUT2D eigenvalue weighted by molar-refractivity contribution is 14.0. The molecule has 0 saturated carbocycles. The Kier molecular flexibility index (Phi) is 9.22. The minimum atomic E-state index is 0.